The van der Waals surface area contributed by atoms with Crippen LogP contribution in [0, 0.1) is 11.8 Å². The molecule has 1 unspecified atom stereocenters. The van der Waals surface area contributed by atoms with Crippen LogP contribution >= 0.6 is 0 Å². The molecule has 0 radical (unpaired) electrons. The molecule has 0 bridgehead atoms. The van der Waals surface area contributed by atoms with E-state index in [1.54, 1.807) is 19.4 Å². The number of pyridine rings is 1. The van der Waals surface area contributed by atoms with E-state index in [1.165, 1.54) is 4.90 Å². The summed E-state index contributed by atoms with van der Waals surface area (Å²) in [6.07, 6.45) is 3.89. The topological polar surface area (TPSA) is 82.5 Å². The lowest BCUT2D eigenvalue weighted by Gasteiger charge is -2.20. The average molecular weight is 293 g/mol. The predicted molar refractivity (Wildman–Crippen MR) is 79.7 cm³/mol. The van der Waals surface area contributed by atoms with Crippen molar-refractivity contribution in [3.63, 3.8) is 0 Å². The Morgan fingerprint density at radius 2 is 1.95 bits per heavy atom. The Morgan fingerprint density at radius 3 is 2.48 bits per heavy atom. The second-order valence-corrected chi connectivity index (χ2v) is 5.56. The molecule has 0 fully saturated rings. The first-order valence-electron chi connectivity index (χ1n) is 7.00. The quantitative estimate of drug-likeness (QED) is 0.805. The minimum absolute atomic E-state index is 0.146. The van der Waals surface area contributed by atoms with Gasteiger partial charge in [-0.3, -0.25) is 9.78 Å². The first kappa shape index (κ1) is 16.9. The molecular weight excluding hydrogens is 270 g/mol. The lowest BCUT2D eigenvalue weighted by Crippen LogP contribution is -2.41. The van der Waals surface area contributed by atoms with Gasteiger partial charge in [-0.25, -0.2) is 4.79 Å². The number of nitrogens with one attached hydrogen (secondary N) is 1. The van der Waals surface area contributed by atoms with Gasteiger partial charge in [0.1, 0.15) is 0 Å². The third-order valence-electron chi connectivity index (χ3n) is 3.12. The SMILES string of the molecule is CC(C)CC(CNC(=O)N(C)Cc1ccncc1)C(=O)O. The zero-order valence-corrected chi connectivity index (χ0v) is 12.7. The molecule has 0 aliphatic heterocycles. The Kier molecular flexibility index (Phi) is 6.65. The van der Waals surface area contributed by atoms with Crippen molar-refractivity contribution < 1.29 is 14.7 Å². The highest BCUT2D eigenvalue weighted by Gasteiger charge is 2.20. The first-order chi connectivity index (χ1) is 9.90. The molecule has 1 heterocycles. The van der Waals surface area contributed by atoms with Crippen molar-refractivity contribution in [3.05, 3.63) is 30.1 Å². The minimum atomic E-state index is -0.874. The molecule has 0 saturated heterocycles. The van der Waals surface area contributed by atoms with Gasteiger partial charge in [0.05, 0.1) is 5.92 Å². The molecule has 1 atom stereocenters. The number of nitrogens with zero attached hydrogens (tertiary/aromatic N) is 2. The van der Waals surface area contributed by atoms with Gasteiger partial charge in [-0.1, -0.05) is 13.8 Å². The monoisotopic (exact) mass is 293 g/mol. The maximum absolute atomic E-state index is 12.0. The lowest BCUT2D eigenvalue weighted by molar-refractivity contribution is -0.142. The number of carboxylic acids is 1. The molecule has 6 heteroatoms. The number of hydrogen-bond acceptors (Lipinski definition) is 3. The summed E-state index contributed by atoms with van der Waals surface area (Å²) in [6.45, 7) is 4.53. The Labute approximate surface area is 125 Å². The summed E-state index contributed by atoms with van der Waals surface area (Å²) in [6, 6.07) is 3.40. The van der Waals surface area contributed by atoms with Crippen molar-refractivity contribution in [1.82, 2.24) is 15.2 Å². The highest BCUT2D eigenvalue weighted by Crippen LogP contribution is 2.11. The zero-order valence-electron chi connectivity index (χ0n) is 12.7. The maximum Gasteiger partial charge on any atom is 0.317 e. The molecule has 1 aromatic heterocycles. The van der Waals surface area contributed by atoms with Gasteiger partial charge in [0, 0.05) is 32.5 Å². The molecule has 0 spiro atoms. The van der Waals surface area contributed by atoms with E-state index < -0.39 is 11.9 Å². The van der Waals surface area contributed by atoms with E-state index in [1.807, 2.05) is 26.0 Å². The molecule has 6 nitrogen and oxygen atoms in total. The number of carbonyl (C=O) groups is 2. The molecule has 0 saturated carbocycles. The van der Waals surface area contributed by atoms with Crippen LogP contribution < -0.4 is 5.32 Å². The van der Waals surface area contributed by atoms with Gasteiger partial charge in [0.15, 0.2) is 0 Å². The fraction of sp³-hybridized carbons (Fsp3) is 0.533. The van der Waals surface area contributed by atoms with Crippen molar-refractivity contribution in [2.24, 2.45) is 11.8 Å². The summed E-state index contributed by atoms with van der Waals surface area (Å²) in [7, 11) is 1.67. The van der Waals surface area contributed by atoms with E-state index in [-0.39, 0.29) is 18.5 Å². The van der Waals surface area contributed by atoms with Gasteiger partial charge in [0.25, 0.3) is 0 Å². The second-order valence-electron chi connectivity index (χ2n) is 5.56. The first-order valence-corrected chi connectivity index (χ1v) is 7.00. The third kappa shape index (κ3) is 6.25. The van der Waals surface area contributed by atoms with Gasteiger partial charge < -0.3 is 15.3 Å². The highest BCUT2D eigenvalue weighted by atomic mass is 16.4. The lowest BCUT2D eigenvalue weighted by atomic mass is 9.97. The van der Waals surface area contributed by atoms with Crippen LogP contribution in [0.5, 0.6) is 0 Å². The molecule has 0 aliphatic rings. The Balaban J connectivity index is 2.46. The van der Waals surface area contributed by atoms with Crippen molar-refractivity contribution in [2.45, 2.75) is 26.8 Å². The molecule has 0 aliphatic carbocycles. The van der Waals surface area contributed by atoms with Crippen LogP contribution in [-0.4, -0.2) is 40.6 Å². The molecule has 1 aromatic rings. The van der Waals surface area contributed by atoms with Gasteiger partial charge >= 0.3 is 12.0 Å². The molecule has 0 aromatic carbocycles. The normalized spacial score (nSPS) is 12.0. The van der Waals surface area contributed by atoms with Crippen molar-refractivity contribution in [1.29, 1.82) is 0 Å². The Bertz CT molecular complexity index is 462. The van der Waals surface area contributed by atoms with Crippen LogP contribution in [0.3, 0.4) is 0 Å². The smallest absolute Gasteiger partial charge is 0.317 e. The predicted octanol–water partition coefficient (Wildman–Crippen LogP) is 1.97. The van der Waals surface area contributed by atoms with E-state index >= 15 is 0 Å². The number of carbonyl (C=O) groups excluding carboxylic acids is 1. The fourth-order valence-electron chi connectivity index (χ4n) is 2.02. The number of aromatic nitrogens is 1. The Hall–Kier alpha value is -2.11. The molecule has 2 N–H and O–H groups in total. The van der Waals surface area contributed by atoms with Gasteiger partial charge in [0.2, 0.25) is 0 Å². The summed E-state index contributed by atoms with van der Waals surface area (Å²) in [5.74, 6) is -1.15. The van der Waals surface area contributed by atoms with Crippen molar-refractivity contribution in [2.75, 3.05) is 13.6 Å². The van der Waals surface area contributed by atoms with Crippen LogP contribution in [0.15, 0.2) is 24.5 Å². The average Bonchev–Trinajstić information content (AvgIpc) is 2.43. The standard InChI is InChI=1S/C15H23N3O3/c1-11(2)8-13(14(19)20)9-17-15(21)18(3)10-12-4-6-16-7-5-12/h4-7,11,13H,8-10H2,1-3H3,(H,17,21)(H,19,20). The van der Waals surface area contributed by atoms with E-state index in [4.69, 9.17) is 5.11 Å². The van der Waals surface area contributed by atoms with Crippen LogP contribution in [0.25, 0.3) is 0 Å². The number of rotatable bonds is 7. The Morgan fingerprint density at radius 1 is 1.33 bits per heavy atom. The van der Waals surface area contributed by atoms with Crippen molar-refractivity contribution >= 4 is 12.0 Å². The van der Waals surface area contributed by atoms with Gasteiger partial charge in [-0.05, 0) is 30.0 Å². The minimum Gasteiger partial charge on any atom is -0.481 e. The van der Waals surface area contributed by atoms with E-state index in [2.05, 4.69) is 10.3 Å². The second kappa shape index (κ2) is 8.24. The van der Waals surface area contributed by atoms with Crippen LogP contribution in [0.2, 0.25) is 0 Å². The fourth-order valence-corrected chi connectivity index (χ4v) is 2.02. The molecule has 2 amide bonds. The summed E-state index contributed by atoms with van der Waals surface area (Å²) >= 11 is 0. The van der Waals surface area contributed by atoms with E-state index in [0.717, 1.165) is 5.56 Å². The van der Waals surface area contributed by atoms with Crippen molar-refractivity contribution in [3.8, 4) is 0 Å². The molecule has 21 heavy (non-hydrogen) atoms. The molecule has 116 valence electrons. The summed E-state index contributed by atoms with van der Waals surface area (Å²) in [5.41, 5.74) is 0.972. The van der Waals surface area contributed by atoms with Crippen LogP contribution in [-0.2, 0) is 11.3 Å². The van der Waals surface area contributed by atoms with Gasteiger partial charge in [-0.15, -0.1) is 0 Å². The summed E-state index contributed by atoms with van der Waals surface area (Å²) in [5, 5.41) is 11.8. The number of hydrogen-bond donors (Lipinski definition) is 2. The number of carboxylic acid groups (broad SMARTS) is 1. The number of aliphatic carboxylic acids is 1. The highest BCUT2D eigenvalue weighted by molar-refractivity contribution is 5.75. The van der Waals surface area contributed by atoms with Crippen LogP contribution in [0.1, 0.15) is 25.8 Å². The molecule has 1 rings (SSSR count). The number of amides is 2. The largest absolute Gasteiger partial charge is 0.481 e. The number of urea groups is 1. The van der Waals surface area contributed by atoms with Crippen LogP contribution in [0.4, 0.5) is 4.79 Å². The van der Waals surface area contributed by atoms with Gasteiger partial charge in [-0.2, -0.15) is 0 Å². The zero-order chi connectivity index (χ0) is 15.8. The van der Waals surface area contributed by atoms with E-state index in [9.17, 15) is 9.59 Å². The maximum atomic E-state index is 12.0. The van der Waals surface area contributed by atoms with E-state index in [0.29, 0.717) is 13.0 Å². The summed E-state index contributed by atoms with van der Waals surface area (Å²) < 4.78 is 0. The summed E-state index contributed by atoms with van der Waals surface area (Å²) in [4.78, 5) is 28.5. The third-order valence-corrected chi connectivity index (χ3v) is 3.12. The molecular formula is C15H23N3O3.